The minimum absolute atomic E-state index is 0.727. The van der Waals surface area contributed by atoms with Gasteiger partial charge in [-0.15, -0.1) is 0 Å². The molecule has 0 bridgehead atoms. The Bertz CT molecular complexity index is 732. The van der Waals surface area contributed by atoms with Crippen LogP contribution >= 0.6 is 0 Å². The number of hydrogen-bond donors (Lipinski definition) is 0. The number of methoxy groups -OCH3 is 2. The van der Waals surface area contributed by atoms with Gasteiger partial charge in [-0.25, -0.2) is 0 Å². The highest BCUT2D eigenvalue weighted by Crippen LogP contribution is 2.37. The molecule has 3 heteroatoms. The molecule has 3 nitrogen and oxygen atoms in total. The summed E-state index contributed by atoms with van der Waals surface area (Å²) in [4.78, 5) is 2.62. The van der Waals surface area contributed by atoms with Gasteiger partial charge in [-0.3, -0.25) is 4.90 Å². The van der Waals surface area contributed by atoms with Crippen molar-refractivity contribution < 1.29 is 9.47 Å². The monoisotopic (exact) mass is 365 g/mol. The third kappa shape index (κ3) is 4.30. The molecule has 0 amide bonds. The molecule has 144 valence electrons. The third-order valence-corrected chi connectivity index (χ3v) is 6.12. The molecule has 1 aliphatic heterocycles. The predicted molar refractivity (Wildman–Crippen MR) is 111 cm³/mol. The van der Waals surface area contributed by atoms with Gasteiger partial charge in [0.15, 0.2) is 11.5 Å². The number of fused-ring (bicyclic) bond motifs is 1. The van der Waals surface area contributed by atoms with Crippen LogP contribution < -0.4 is 9.47 Å². The SMILES string of the molecule is COc1cc2c(cc1OC)CC(=CC1CCN(CC3=CCCC=C3)CC1)C2. The van der Waals surface area contributed by atoms with E-state index in [0.717, 1.165) is 36.8 Å². The van der Waals surface area contributed by atoms with Gasteiger partial charge >= 0.3 is 0 Å². The number of nitrogens with zero attached hydrogens (tertiary/aromatic N) is 1. The Hall–Kier alpha value is -2.00. The van der Waals surface area contributed by atoms with E-state index in [1.54, 1.807) is 19.8 Å². The van der Waals surface area contributed by atoms with Gasteiger partial charge in [-0.1, -0.05) is 29.9 Å². The molecule has 0 aromatic heterocycles. The summed E-state index contributed by atoms with van der Waals surface area (Å²) < 4.78 is 10.9. The second-order valence-corrected chi connectivity index (χ2v) is 8.03. The Morgan fingerprint density at radius 2 is 1.67 bits per heavy atom. The minimum atomic E-state index is 0.727. The van der Waals surface area contributed by atoms with Crippen molar-refractivity contribution in [3.05, 3.63) is 58.7 Å². The Kier molecular flexibility index (Phi) is 5.68. The Morgan fingerprint density at radius 3 is 2.22 bits per heavy atom. The first-order valence-corrected chi connectivity index (χ1v) is 10.3. The van der Waals surface area contributed by atoms with Crippen molar-refractivity contribution in [3.63, 3.8) is 0 Å². The zero-order valence-electron chi connectivity index (χ0n) is 16.7. The standard InChI is InChI=1S/C24H31NO2/c1-26-23-15-21-13-20(14-22(21)16-24(23)27-2)12-18-8-10-25(11-9-18)17-19-6-4-3-5-7-19/h4,6-7,12,15-16,18H,3,5,8-11,13-14,17H2,1-2H3. The number of piperidine rings is 1. The molecular weight excluding hydrogens is 334 g/mol. The summed E-state index contributed by atoms with van der Waals surface area (Å²) in [5.41, 5.74) is 5.86. The minimum Gasteiger partial charge on any atom is -0.493 e. The van der Waals surface area contributed by atoms with Crippen LogP contribution in [0.3, 0.4) is 0 Å². The number of ether oxygens (including phenoxy) is 2. The van der Waals surface area contributed by atoms with Crippen molar-refractivity contribution in [2.75, 3.05) is 33.9 Å². The summed E-state index contributed by atoms with van der Waals surface area (Å²) in [7, 11) is 3.42. The maximum Gasteiger partial charge on any atom is 0.161 e. The number of benzene rings is 1. The fourth-order valence-electron chi connectivity index (χ4n) is 4.62. The van der Waals surface area contributed by atoms with E-state index >= 15 is 0 Å². The molecule has 1 fully saturated rings. The van der Waals surface area contributed by atoms with E-state index < -0.39 is 0 Å². The zero-order valence-corrected chi connectivity index (χ0v) is 16.7. The fourth-order valence-corrected chi connectivity index (χ4v) is 4.62. The second kappa shape index (κ2) is 8.35. The van der Waals surface area contributed by atoms with E-state index in [1.807, 2.05) is 0 Å². The molecule has 1 aromatic rings. The summed E-state index contributed by atoms with van der Waals surface area (Å²) in [6.07, 6.45) is 16.7. The summed E-state index contributed by atoms with van der Waals surface area (Å²) in [5, 5.41) is 0. The number of likely N-dealkylation sites (tertiary alicyclic amines) is 1. The molecule has 0 radical (unpaired) electrons. The van der Waals surface area contributed by atoms with Gasteiger partial charge in [0, 0.05) is 6.54 Å². The maximum absolute atomic E-state index is 5.46. The van der Waals surface area contributed by atoms with Crippen molar-refractivity contribution in [2.24, 2.45) is 5.92 Å². The van der Waals surface area contributed by atoms with Crippen LogP contribution in [0.1, 0.15) is 36.8 Å². The fraction of sp³-hybridized carbons (Fsp3) is 0.500. The quantitative estimate of drug-likeness (QED) is 0.705. The molecule has 27 heavy (non-hydrogen) atoms. The van der Waals surface area contributed by atoms with Gasteiger partial charge in [-0.2, -0.15) is 0 Å². The number of allylic oxidation sites excluding steroid dienone is 4. The maximum atomic E-state index is 5.46. The zero-order chi connectivity index (χ0) is 18.6. The van der Waals surface area contributed by atoms with Gasteiger partial charge in [0.2, 0.25) is 0 Å². The Morgan fingerprint density at radius 1 is 1.00 bits per heavy atom. The summed E-state index contributed by atoms with van der Waals surface area (Å²) >= 11 is 0. The first-order valence-electron chi connectivity index (χ1n) is 10.3. The molecule has 0 spiro atoms. The van der Waals surface area contributed by atoms with Crippen LogP contribution in [0.5, 0.6) is 11.5 Å². The topological polar surface area (TPSA) is 21.7 Å². The highest BCUT2D eigenvalue weighted by atomic mass is 16.5. The van der Waals surface area contributed by atoms with Gasteiger partial charge in [0.05, 0.1) is 14.2 Å². The van der Waals surface area contributed by atoms with Crippen molar-refractivity contribution in [1.82, 2.24) is 4.90 Å². The summed E-state index contributed by atoms with van der Waals surface area (Å²) in [5.74, 6) is 2.42. The first kappa shape index (κ1) is 18.4. The molecule has 0 saturated carbocycles. The normalized spacial score (nSPS) is 20.4. The lowest BCUT2D eigenvalue weighted by atomic mass is 9.93. The average Bonchev–Trinajstić information content (AvgIpc) is 3.10. The lowest BCUT2D eigenvalue weighted by Gasteiger charge is -2.31. The average molecular weight is 366 g/mol. The van der Waals surface area contributed by atoms with Gasteiger partial charge < -0.3 is 9.47 Å². The molecule has 1 aromatic carbocycles. The lowest BCUT2D eigenvalue weighted by molar-refractivity contribution is 0.219. The molecule has 0 atom stereocenters. The summed E-state index contributed by atoms with van der Waals surface area (Å²) in [6.45, 7) is 3.56. The van der Waals surface area contributed by atoms with Gasteiger partial charge in [0.25, 0.3) is 0 Å². The lowest BCUT2D eigenvalue weighted by Crippen LogP contribution is -2.34. The molecule has 0 N–H and O–H groups in total. The third-order valence-electron chi connectivity index (χ3n) is 6.12. The van der Waals surface area contributed by atoms with Crippen molar-refractivity contribution >= 4 is 0 Å². The number of hydrogen-bond acceptors (Lipinski definition) is 3. The molecule has 1 heterocycles. The van der Waals surface area contributed by atoms with E-state index in [2.05, 4.69) is 41.3 Å². The molecule has 3 aliphatic rings. The van der Waals surface area contributed by atoms with Crippen molar-refractivity contribution in [2.45, 2.75) is 38.5 Å². The van der Waals surface area contributed by atoms with Crippen LogP contribution in [0.25, 0.3) is 0 Å². The predicted octanol–water partition coefficient (Wildman–Crippen LogP) is 4.72. The molecule has 0 unspecified atom stereocenters. The van der Waals surface area contributed by atoms with Gasteiger partial charge in [-0.05, 0) is 86.4 Å². The molecule has 2 aliphatic carbocycles. The van der Waals surface area contributed by atoms with Crippen molar-refractivity contribution in [1.29, 1.82) is 0 Å². The first-order chi connectivity index (χ1) is 13.2. The Balaban J connectivity index is 1.34. The van der Waals surface area contributed by atoms with Crippen LogP contribution in [-0.4, -0.2) is 38.8 Å². The van der Waals surface area contributed by atoms with E-state index in [0.29, 0.717) is 0 Å². The highest BCUT2D eigenvalue weighted by molar-refractivity contribution is 5.52. The van der Waals surface area contributed by atoms with E-state index in [-0.39, 0.29) is 0 Å². The van der Waals surface area contributed by atoms with Crippen LogP contribution in [0.15, 0.2) is 47.6 Å². The summed E-state index contributed by atoms with van der Waals surface area (Å²) in [6, 6.07) is 4.31. The van der Waals surface area contributed by atoms with E-state index in [9.17, 15) is 0 Å². The Labute approximate surface area is 163 Å². The van der Waals surface area contributed by atoms with Crippen LogP contribution in [0, 0.1) is 5.92 Å². The van der Waals surface area contributed by atoms with Crippen LogP contribution in [0.2, 0.25) is 0 Å². The second-order valence-electron chi connectivity index (χ2n) is 8.03. The molecular formula is C24H31NO2. The van der Waals surface area contributed by atoms with Crippen molar-refractivity contribution in [3.8, 4) is 11.5 Å². The van der Waals surface area contributed by atoms with Crippen LogP contribution in [0.4, 0.5) is 0 Å². The van der Waals surface area contributed by atoms with E-state index in [1.165, 1.54) is 55.5 Å². The largest absolute Gasteiger partial charge is 0.493 e. The smallest absolute Gasteiger partial charge is 0.161 e. The van der Waals surface area contributed by atoms with Gasteiger partial charge in [0.1, 0.15) is 0 Å². The van der Waals surface area contributed by atoms with Crippen LogP contribution in [-0.2, 0) is 12.8 Å². The highest BCUT2D eigenvalue weighted by Gasteiger charge is 2.22. The number of rotatable bonds is 5. The molecule has 1 saturated heterocycles. The molecule has 4 rings (SSSR count). The van der Waals surface area contributed by atoms with E-state index in [4.69, 9.17) is 9.47 Å².